The number of nitrogens with one attached hydrogen (secondary N) is 1. The lowest BCUT2D eigenvalue weighted by Crippen LogP contribution is -2.41. The summed E-state index contributed by atoms with van der Waals surface area (Å²) in [4.78, 5) is 16.5. The van der Waals surface area contributed by atoms with Crippen LogP contribution in [0.5, 0.6) is 0 Å². The second-order valence-corrected chi connectivity index (χ2v) is 2.87. The molecule has 5 nitrogen and oxygen atoms in total. The lowest BCUT2D eigenvalue weighted by Gasteiger charge is -2.07. The van der Waals surface area contributed by atoms with E-state index in [1.54, 1.807) is 5.01 Å². The van der Waals surface area contributed by atoms with Gasteiger partial charge in [0, 0.05) is 5.59 Å². The maximum Gasteiger partial charge on any atom is 0.274 e. The van der Waals surface area contributed by atoms with Crippen molar-refractivity contribution in [3.63, 3.8) is 0 Å². The summed E-state index contributed by atoms with van der Waals surface area (Å²) in [6, 6.07) is 0. The zero-order chi connectivity index (χ0) is 9.40. The molecular formula is C6H16N3O2S+. The Morgan fingerprint density at radius 1 is 1.50 bits per heavy atom. The van der Waals surface area contributed by atoms with Crippen LogP contribution in [0.1, 0.15) is 13.8 Å². The first-order valence-corrected chi connectivity index (χ1v) is 5.24. The van der Waals surface area contributed by atoms with Crippen molar-refractivity contribution in [2.75, 3.05) is 25.3 Å². The van der Waals surface area contributed by atoms with Gasteiger partial charge >= 0.3 is 0 Å². The molecule has 0 radical (unpaired) electrons. The predicted octanol–water partition coefficient (Wildman–Crippen LogP) is 0.779. The zero-order valence-corrected chi connectivity index (χ0v) is 8.56. The highest BCUT2D eigenvalue weighted by molar-refractivity contribution is 7.98. The first-order chi connectivity index (χ1) is 5.76. The molecule has 0 fully saturated rings. The lowest BCUT2D eigenvalue weighted by atomic mass is 10.6. The van der Waals surface area contributed by atoms with E-state index in [-0.39, 0.29) is 0 Å². The molecule has 6 heteroatoms. The average Bonchev–Trinajstić information content (AvgIpc) is 2.07. The molecule has 0 aliphatic heterocycles. The Labute approximate surface area is 76.9 Å². The third-order valence-electron chi connectivity index (χ3n) is 1.31. The van der Waals surface area contributed by atoms with Crippen LogP contribution in [0.4, 0.5) is 0 Å². The van der Waals surface area contributed by atoms with Gasteiger partial charge in [-0.25, -0.2) is 4.84 Å². The first-order valence-electron chi connectivity index (χ1n) is 3.84. The molecule has 0 aromatic carbocycles. The fourth-order valence-corrected chi connectivity index (χ4v) is 0.849. The monoisotopic (exact) mass is 194 g/mol. The molecule has 0 spiro atoms. The second-order valence-electron chi connectivity index (χ2n) is 2.05. The minimum absolute atomic E-state index is 0.458. The molecule has 0 aliphatic carbocycles. The zero-order valence-electron chi connectivity index (χ0n) is 7.74. The van der Waals surface area contributed by atoms with Gasteiger partial charge in [0.1, 0.15) is 5.94 Å². The number of hydrogen-bond donors (Lipinski definition) is 1. The first kappa shape index (κ1) is 11.5. The molecule has 1 N–H and O–H groups in total. The molecule has 0 rings (SSSR count). The summed E-state index contributed by atoms with van der Waals surface area (Å²) in [6.45, 7) is 5.14. The fraction of sp³-hybridized carbons (Fsp3) is 1.00. The SMILES string of the molecule is CCN(CC)[N+](=O)NOCSC. The average molecular weight is 194 g/mol. The van der Waals surface area contributed by atoms with Crippen molar-refractivity contribution in [1.82, 2.24) is 10.6 Å². The topological polar surface area (TPSA) is 44.6 Å². The van der Waals surface area contributed by atoms with Gasteiger partial charge in [0.25, 0.3) is 4.98 Å². The Hall–Kier alpha value is -0.490. The van der Waals surface area contributed by atoms with Crippen LogP contribution in [0.3, 0.4) is 0 Å². The molecule has 0 atom stereocenters. The van der Waals surface area contributed by atoms with Gasteiger partial charge in [-0.2, -0.15) is 0 Å². The third kappa shape index (κ3) is 4.40. The summed E-state index contributed by atoms with van der Waals surface area (Å²) < 4.78 is 0. The molecule has 0 bridgehead atoms. The van der Waals surface area contributed by atoms with Crippen LogP contribution >= 0.6 is 11.8 Å². The Morgan fingerprint density at radius 3 is 2.50 bits per heavy atom. The van der Waals surface area contributed by atoms with Gasteiger partial charge in [0.2, 0.25) is 0 Å². The van der Waals surface area contributed by atoms with E-state index in [1.807, 2.05) is 20.1 Å². The highest BCUT2D eigenvalue weighted by Gasteiger charge is 2.15. The van der Waals surface area contributed by atoms with Crippen LogP contribution in [0.25, 0.3) is 0 Å². The number of nitrogens with zero attached hydrogens (tertiary/aromatic N) is 2. The van der Waals surface area contributed by atoms with Crippen molar-refractivity contribution in [2.24, 2.45) is 0 Å². The minimum Gasteiger partial charge on any atom is -0.211 e. The maximum atomic E-state index is 11.1. The van der Waals surface area contributed by atoms with E-state index < -0.39 is 0 Å². The molecule has 12 heavy (non-hydrogen) atoms. The quantitative estimate of drug-likeness (QED) is 0.281. The summed E-state index contributed by atoms with van der Waals surface area (Å²) in [5.74, 6) is 0.458. The Bertz CT molecular complexity index is 130. The van der Waals surface area contributed by atoms with Gasteiger partial charge in [0.05, 0.1) is 18.0 Å². The fourth-order valence-electron chi connectivity index (χ4n) is 0.679. The summed E-state index contributed by atoms with van der Waals surface area (Å²) >= 11 is 1.50. The van der Waals surface area contributed by atoms with Crippen molar-refractivity contribution in [2.45, 2.75) is 13.8 Å². The van der Waals surface area contributed by atoms with E-state index in [4.69, 9.17) is 4.84 Å². The highest BCUT2D eigenvalue weighted by atomic mass is 32.2. The van der Waals surface area contributed by atoms with Crippen LogP contribution in [-0.2, 0) is 4.84 Å². The summed E-state index contributed by atoms with van der Waals surface area (Å²) in [5.41, 5.74) is 2.27. The van der Waals surface area contributed by atoms with Gasteiger partial charge in [-0.15, -0.1) is 16.8 Å². The molecule has 0 aromatic heterocycles. The lowest BCUT2D eigenvalue weighted by molar-refractivity contribution is -0.787. The van der Waals surface area contributed by atoms with E-state index in [2.05, 4.69) is 5.59 Å². The van der Waals surface area contributed by atoms with E-state index in [1.165, 1.54) is 11.8 Å². The predicted molar refractivity (Wildman–Crippen MR) is 49.2 cm³/mol. The van der Waals surface area contributed by atoms with Crippen LogP contribution in [0.2, 0.25) is 0 Å². The van der Waals surface area contributed by atoms with E-state index in [0.29, 0.717) is 24.0 Å². The van der Waals surface area contributed by atoms with Crippen LogP contribution in [0.15, 0.2) is 0 Å². The third-order valence-corrected chi connectivity index (χ3v) is 1.66. The van der Waals surface area contributed by atoms with Crippen molar-refractivity contribution in [1.29, 1.82) is 0 Å². The Morgan fingerprint density at radius 2 is 2.08 bits per heavy atom. The number of nitroso groups, excluding NO2 is 1. The Kier molecular flexibility index (Phi) is 6.88. The van der Waals surface area contributed by atoms with Crippen LogP contribution in [0, 0.1) is 4.91 Å². The molecule has 0 aromatic rings. The number of thioether (sulfide) groups is 1. The Balaban J connectivity index is 3.54. The molecule has 0 amide bonds. The molecule has 0 heterocycles. The maximum absolute atomic E-state index is 11.1. The molecular weight excluding hydrogens is 178 g/mol. The van der Waals surface area contributed by atoms with Gasteiger partial charge in [-0.1, -0.05) is 0 Å². The number of hydrazine groups is 2. The normalized spacial score (nSPS) is 9.58. The molecule has 0 aliphatic rings. The largest absolute Gasteiger partial charge is 0.274 e. The summed E-state index contributed by atoms with van der Waals surface area (Å²) in [7, 11) is 0. The van der Waals surface area contributed by atoms with Crippen molar-refractivity contribution in [3.05, 3.63) is 4.91 Å². The smallest absolute Gasteiger partial charge is 0.211 e. The van der Waals surface area contributed by atoms with E-state index in [0.717, 1.165) is 0 Å². The highest BCUT2D eigenvalue weighted by Crippen LogP contribution is 1.90. The molecule has 0 unspecified atom stereocenters. The molecule has 0 saturated heterocycles. The standard InChI is InChI=1S/C6H16N3O2S/c1-4-8(5-2)9(10)7-11-6-12-3/h4-6H2,1-3H3,(H,7,10)/q+1. The molecule has 72 valence electrons. The van der Waals surface area contributed by atoms with Crippen molar-refractivity contribution >= 4 is 11.8 Å². The number of rotatable bonds is 7. The van der Waals surface area contributed by atoms with Crippen LogP contribution in [-0.4, -0.2) is 35.3 Å². The number of hydrogen-bond acceptors (Lipinski definition) is 3. The van der Waals surface area contributed by atoms with Gasteiger partial charge < -0.3 is 0 Å². The van der Waals surface area contributed by atoms with E-state index in [9.17, 15) is 4.91 Å². The van der Waals surface area contributed by atoms with Gasteiger partial charge in [-0.3, -0.25) is 0 Å². The van der Waals surface area contributed by atoms with Crippen molar-refractivity contribution < 1.29 is 9.82 Å². The summed E-state index contributed by atoms with van der Waals surface area (Å²) in [6.07, 6.45) is 1.90. The molecule has 0 saturated carbocycles. The summed E-state index contributed by atoms with van der Waals surface area (Å²) in [5, 5.41) is 1.57. The second kappa shape index (κ2) is 7.17. The van der Waals surface area contributed by atoms with Crippen molar-refractivity contribution in [3.8, 4) is 0 Å². The van der Waals surface area contributed by atoms with Gasteiger partial charge in [0.15, 0.2) is 0 Å². The van der Waals surface area contributed by atoms with Gasteiger partial charge in [-0.05, 0) is 20.1 Å². The van der Waals surface area contributed by atoms with E-state index >= 15 is 0 Å². The van der Waals surface area contributed by atoms with Crippen LogP contribution < -0.4 is 5.59 Å². The minimum atomic E-state index is 0.458.